The van der Waals surface area contributed by atoms with Crippen LogP contribution in [0, 0.1) is 0 Å². The number of hydrogen-bond acceptors (Lipinski definition) is 3. The third-order valence-corrected chi connectivity index (χ3v) is 3.00. The van der Waals surface area contributed by atoms with Crippen molar-refractivity contribution in [3.05, 3.63) is 54.1 Å². The van der Waals surface area contributed by atoms with Crippen LogP contribution in [0.3, 0.4) is 0 Å². The highest BCUT2D eigenvalue weighted by Gasteiger charge is 2.30. The van der Waals surface area contributed by atoms with E-state index in [4.69, 9.17) is 4.74 Å². The number of rotatable bonds is 5. The molecule has 0 aromatic heterocycles. The molecule has 0 spiro atoms. The number of methoxy groups -OCH3 is 1. The number of ether oxygens (including phenoxy) is 1. The summed E-state index contributed by atoms with van der Waals surface area (Å²) in [6.07, 6.45) is -4.42. The Hall–Kier alpha value is -2.70. The minimum atomic E-state index is -4.42. The molecule has 0 saturated heterocycles. The van der Waals surface area contributed by atoms with Gasteiger partial charge in [0.2, 0.25) is 5.91 Å². The Labute approximate surface area is 131 Å². The first-order chi connectivity index (χ1) is 10.9. The number of halogens is 3. The minimum Gasteiger partial charge on any atom is -0.497 e. The highest BCUT2D eigenvalue weighted by molar-refractivity contribution is 5.93. The fourth-order valence-corrected chi connectivity index (χ4v) is 1.89. The van der Waals surface area contributed by atoms with E-state index in [0.717, 1.165) is 12.1 Å². The molecule has 0 aliphatic carbocycles. The van der Waals surface area contributed by atoms with Gasteiger partial charge in [-0.15, -0.1) is 0 Å². The minimum absolute atomic E-state index is 0.154. The topological polar surface area (TPSA) is 50.4 Å². The fraction of sp³-hybridized carbons (Fsp3) is 0.188. The van der Waals surface area contributed by atoms with Gasteiger partial charge in [-0.3, -0.25) is 4.79 Å². The van der Waals surface area contributed by atoms with Gasteiger partial charge in [0, 0.05) is 17.4 Å². The SMILES string of the molecule is COc1cccc(NC(=O)CNc2cccc(C(F)(F)F)c2)c1. The zero-order valence-corrected chi connectivity index (χ0v) is 12.3. The zero-order chi connectivity index (χ0) is 16.9. The summed E-state index contributed by atoms with van der Waals surface area (Å²) in [6.45, 7) is -0.154. The van der Waals surface area contributed by atoms with E-state index in [1.807, 2.05) is 0 Å². The molecule has 0 bridgehead atoms. The molecular formula is C16H15F3N2O2. The van der Waals surface area contributed by atoms with Gasteiger partial charge in [-0.2, -0.15) is 13.2 Å². The molecule has 23 heavy (non-hydrogen) atoms. The van der Waals surface area contributed by atoms with Crippen molar-refractivity contribution in [3.63, 3.8) is 0 Å². The van der Waals surface area contributed by atoms with E-state index in [1.165, 1.54) is 19.2 Å². The van der Waals surface area contributed by atoms with Gasteiger partial charge in [0.05, 0.1) is 19.2 Å². The van der Waals surface area contributed by atoms with Crippen LogP contribution < -0.4 is 15.4 Å². The van der Waals surface area contributed by atoms with Crippen LogP contribution >= 0.6 is 0 Å². The lowest BCUT2D eigenvalue weighted by Gasteiger charge is -2.11. The molecule has 2 aromatic carbocycles. The molecule has 0 aliphatic heterocycles. The second-order valence-corrected chi connectivity index (χ2v) is 4.71. The standard InChI is InChI=1S/C16H15F3N2O2/c1-23-14-7-3-6-13(9-14)21-15(22)10-20-12-5-2-4-11(8-12)16(17,18)19/h2-9,20H,10H2,1H3,(H,21,22). The Morgan fingerprint density at radius 3 is 2.48 bits per heavy atom. The zero-order valence-electron chi connectivity index (χ0n) is 12.3. The normalized spacial score (nSPS) is 11.0. The maximum Gasteiger partial charge on any atom is 0.416 e. The van der Waals surface area contributed by atoms with Gasteiger partial charge in [-0.25, -0.2) is 0 Å². The molecular weight excluding hydrogens is 309 g/mol. The molecule has 2 rings (SSSR count). The van der Waals surface area contributed by atoms with E-state index in [2.05, 4.69) is 10.6 Å². The number of carbonyl (C=O) groups is 1. The molecule has 0 saturated carbocycles. The third-order valence-electron chi connectivity index (χ3n) is 3.00. The summed E-state index contributed by atoms with van der Waals surface area (Å²) >= 11 is 0. The van der Waals surface area contributed by atoms with Crippen LogP contribution in [0.2, 0.25) is 0 Å². The summed E-state index contributed by atoms with van der Waals surface area (Å²) in [7, 11) is 1.51. The van der Waals surface area contributed by atoms with Crippen LogP contribution in [-0.2, 0) is 11.0 Å². The number of anilines is 2. The second-order valence-electron chi connectivity index (χ2n) is 4.71. The van der Waals surface area contributed by atoms with Crippen molar-refractivity contribution in [2.45, 2.75) is 6.18 Å². The average Bonchev–Trinajstić information content (AvgIpc) is 2.52. The number of hydrogen-bond donors (Lipinski definition) is 2. The van der Waals surface area contributed by atoms with Crippen molar-refractivity contribution in [2.75, 3.05) is 24.3 Å². The molecule has 2 N–H and O–H groups in total. The highest BCUT2D eigenvalue weighted by atomic mass is 19.4. The van der Waals surface area contributed by atoms with Crippen molar-refractivity contribution in [1.82, 2.24) is 0 Å². The Kier molecular flexibility index (Phi) is 5.10. The van der Waals surface area contributed by atoms with Crippen LogP contribution in [0.5, 0.6) is 5.75 Å². The third kappa shape index (κ3) is 4.91. The molecule has 7 heteroatoms. The number of nitrogens with one attached hydrogen (secondary N) is 2. The quantitative estimate of drug-likeness (QED) is 0.880. The van der Waals surface area contributed by atoms with E-state index in [-0.39, 0.29) is 18.1 Å². The molecule has 0 aliphatic rings. The smallest absolute Gasteiger partial charge is 0.416 e. The summed E-state index contributed by atoms with van der Waals surface area (Å²) in [6, 6.07) is 11.5. The summed E-state index contributed by atoms with van der Waals surface area (Å²) in [5.74, 6) is 0.212. The largest absolute Gasteiger partial charge is 0.497 e. The molecule has 122 valence electrons. The fourth-order valence-electron chi connectivity index (χ4n) is 1.89. The van der Waals surface area contributed by atoms with E-state index < -0.39 is 11.7 Å². The molecule has 0 atom stereocenters. The Morgan fingerprint density at radius 1 is 1.09 bits per heavy atom. The van der Waals surface area contributed by atoms with Crippen LogP contribution in [0.25, 0.3) is 0 Å². The summed E-state index contributed by atoms with van der Waals surface area (Å²) in [5.41, 5.74) is -0.00323. The molecule has 4 nitrogen and oxygen atoms in total. The molecule has 0 unspecified atom stereocenters. The highest BCUT2D eigenvalue weighted by Crippen LogP contribution is 2.30. The molecule has 2 aromatic rings. The summed E-state index contributed by atoms with van der Waals surface area (Å²) in [4.78, 5) is 11.8. The van der Waals surface area contributed by atoms with Gasteiger partial charge < -0.3 is 15.4 Å². The number of carbonyl (C=O) groups excluding carboxylic acids is 1. The predicted molar refractivity (Wildman–Crippen MR) is 81.6 cm³/mol. The first-order valence-electron chi connectivity index (χ1n) is 6.73. The maximum atomic E-state index is 12.6. The molecule has 0 radical (unpaired) electrons. The first kappa shape index (κ1) is 16.7. The molecule has 0 fully saturated rings. The maximum absolute atomic E-state index is 12.6. The van der Waals surface area contributed by atoms with Crippen molar-refractivity contribution in [1.29, 1.82) is 0 Å². The van der Waals surface area contributed by atoms with Crippen LogP contribution in [0.1, 0.15) is 5.56 Å². The van der Waals surface area contributed by atoms with Crippen LogP contribution in [0.15, 0.2) is 48.5 Å². The Bertz CT molecular complexity index is 687. The monoisotopic (exact) mass is 324 g/mol. The van der Waals surface area contributed by atoms with Crippen LogP contribution in [-0.4, -0.2) is 19.6 Å². The van der Waals surface area contributed by atoms with Crippen LogP contribution in [0.4, 0.5) is 24.5 Å². The van der Waals surface area contributed by atoms with Gasteiger partial charge in [0.1, 0.15) is 5.75 Å². The first-order valence-corrected chi connectivity index (χ1v) is 6.73. The Balaban J connectivity index is 1.94. The lowest BCUT2D eigenvalue weighted by molar-refractivity contribution is -0.137. The van der Waals surface area contributed by atoms with Gasteiger partial charge in [-0.05, 0) is 30.3 Å². The lowest BCUT2D eigenvalue weighted by Crippen LogP contribution is -2.21. The summed E-state index contributed by atoms with van der Waals surface area (Å²) in [5, 5.41) is 5.29. The van der Waals surface area contributed by atoms with Crippen molar-refractivity contribution in [3.8, 4) is 5.75 Å². The number of alkyl halides is 3. The predicted octanol–water partition coefficient (Wildman–Crippen LogP) is 3.76. The summed E-state index contributed by atoms with van der Waals surface area (Å²) < 4.78 is 42.9. The van der Waals surface area contributed by atoms with E-state index >= 15 is 0 Å². The number of amides is 1. The lowest BCUT2D eigenvalue weighted by atomic mass is 10.2. The van der Waals surface area contributed by atoms with Crippen molar-refractivity contribution >= 4 is 17.3 Å². The molecule has 0 heterocycles. The number of benzene rings is 2. The average molecular weight is 324 g/mol. The van der Waals surface area contributed by atoms with Gasteiger partial charge in [-0.1, -0.05) is 12.1 Å². The molecule has 1 amide bonds. The van der Waals surface area contributed by atoms with E-state index in [9.17, 15) is 18.0 Å². The van der Waals surface area contributed by atoms with E-state index in [0.29, 0.717) is 11.4 Å². The van der Waals surface area contributed by atoms with Gasteiger partial charge in [0.25, 0.3) is 0 Å². The van der Waals surface area contributed by atoms with Crippen molar-refractivity contribution in [2.24, 2.45) is 0 Å². The van der Waals surface area contributed by atoms with Crippen molar-refractivity contribution < 1.29 is 22.7 Å². The second kappa shape index (κ2) is 7.04. The van der Waals surface area contributed by atoms with E-state index in [1.54, 1.807) is 24.3 Å². The van der Waals surface area contributed by atoms with Gasteiger partial charge >= 0.3 is 6.18 Å². The van der Waals surface area contributed by atoms with Gasteiger partial charge in [0.15, 0.2) is 0 Å². The Morgan fingerprint density at radius 2 is 1.78 bits per heavy atom.